The predicted octanol–water partition coefficient (Wildman–Crippen LogP) is -0.556. The van der Waals surface area contributed by atoms with Crippen molar-refractivity contribution in [3.63, 3.8) is 0 Å². The maximum atomic E-state index is 10.9. The fourth-order valence-corrected chi connectivity index (χ4v) is 1.07. The first-order valence-electron chi connectivity index (χ1n) is 4.26. The molecule has 68 valence electrons. The molecular formula is C8H14N2O2. The maximum Gasteiger partial charge on any atom is 0.234 e. The van der Waals surface area contributed by atoms with Gasteiger partial charge < -0.3 is 15.4 Å². The molecule has 1 saturated carbocycles. The van der Waals surface area contributed by atoms with Crippen molar-refractivity contribution in [3.8, 4) is 0 Å². The summed E-state index contributed by atoms with van der Waals surface area (Å²) in [6.45, 7) is 0.448. The van der Waals surface area contributed by atoms with Crippen LogP contribution >= 0.6 is 0 Å². The second-order valence-corrected chi connectivity index (χ2v) is 2.98. The largest absolute Gasteiger partial charge is 0.348 e. The fourth-order valence-electron chi connectivity index (χ4n) is 1.07. The molecule has 0 saturated heterocycles. The monoisotopic (exact) mass is 170 g/mol. The summed E-state index contributed by atoms with van der Waals surface area (Å²) in [4.78, 5) is 20.8. The Kier molecular flexibility index (Phi) is 3.73. The Hall–Kier alpha value is -0.900. The van der Waals surface area contributed by atoms with Crippen molar-refractivity contribution in [2.45, 2.75) is 25.3 Å². The molecule has 1 fully saturated rings. The molecule has 0 spiro atoms. The first-order chi connectivity index (χ1) is 5.83. The van der Waals surface area contributed by atoms with Crippen LogP contribution in [-0.4, -0.2) is 31.3 Å². The average Bonchev–Trinajstić information content (AvgIpc) is 1.98. The van der Waals surface area contributed by atoms with Crippen molar-refractivity contribution >= 4 is 12.2 Å². The average molecular weight is 170 g/mol. The van der Waals surface area contributed by atoms with Crippen LogP contribution in [0.4, 0.5) is 0 Å². The van der Waals surface area contributed by atoms with Gasteiger partial charge in [-0.15, -0.1) is 0 Å². The van der Waals surface area contributed by atoms with E-state index in [1.54, 1.807) is 0 Å². The highest BCUT2D eigenvalue weighted by molar-refractivity contribution is 5.80. The molecule has 1 aliphatic carbocycles. The Labute approximate surface area is 71.7 Å². The van der Waals surface area contributed by atoms with Gasteiger partial charge in [0.25, 0.3) is 0 Å². The lowest BCUT2D eigenvalue weighted by atomic mass is 9.93. The normalized spacial score (nSPS) is 16.7. The third-order valence-electron chi connectivity index (χ3n) is 2.04. The first-order valence-corrected chi connectivity index (χ1v) is 4.26. The molecule has 4 nitrogen and oxygen atoms in total. The molecule has 0 heterocycles. The van der Waals surface area contributed by atoms with Crippen molar-refractivity contribution in [1.82, 2.24) is 10.6 Å². The molecule has 12 heavy (non-hydrogen) atoms. The van der Waals surface area contributed by atoms with Gasteiger partial charge in [-0.25, -0.2) is 0 Å². The van der Waals surface area contributed by atoms with Crippen LogP contribution in [0.1, 0.15) is 19.3 Å². The quantitative estimate of drug-likeness (QED) is 0.544. The summed E-state index contributed by atoms with van der Waals surface area (Å²) in [5.74, 6) is -0.103. The van der Waals surface area contributed by atoms with Gasteiger partial charge in [0.1, 0.15) is 6.29 Å². The SMILES string of the molecule is O=CCNC(=O)CNC1CCC1. The zero-order valence-electron chi connectivity index (χ0n) is 7.01. The maximum absolute atomic E-state index is 10.9. The van der Waals surface area contributed by atoms with Gasteiger partial charge in [-0.1, -0.05) is 6.42 Å². The van der Waals surface area contributed by atoms with E-state index in [0.29, 0.717) is 18.9 Å². The molecule has 0 unspecified atom stereocenters. The molecule has 1 amide bonds. The van der Waals surface area contributed by atoms with Crippen molar-refractivity contribution < 1.29 is 9.59 Å². The minimum absolute atomic E-state index is 0.103. The molecule has 0 aromatic rings. The topological polar surface area (TPSA) is 58.2 Å². The molecule has 0 aromatic heterocycles. The molecule has 0 bridgehead atoms. The summed E-state index contributed by atoms with van der Waals surface area (Å²) < 4.78 is 0. The van der Waals surface area contributed by atoms with Gasteiger partial charge >= 0.3 is 0 Å². The number of rotatable bonds is 5. The Morgan fingerprint density at radius 1 is 1.50 bits per heavy atom. The van der Waals surface area contributed by atoms with Gasteiger partial charge in [0.2, 0.25) is 5.91 Å². The summed E-state index contributed by atoms with van der Waals surface area (Å²) in [5.41, 5.74) is 0. The third kappa shape index (κ3) is 3.00. The van der Waals surface area contributed by atoms with Crippen LogP contribution in [0.5, 0.6) is 0 Å². The lowest BCUT2D eigenvalue weighted by Crippen LogP contribution is -2.42. The lowest BCUT2D eigenvalue weighted by Gasteiger charge is -2.26. The predicted molar refractivity (Wildman–Crippen MR) is 44.7 cm³/mol. The van der Waals surface area contributed by atoms with E-state index < -0.39 is 0 Å². The Bertz CT molecular complexity index is 166. The second kappa shape index (κ2) is 4.87. The standard InChI is InChI=1S/C8H14N2O2/c11-5-4-9-8(12)6-10-7-2-1-3-7/h5,7,10H,1-4,6H2,(H,9,12). The van der Waals surface area contributed by atoms with E-state index in [-0.39, 0.29) is 12.5 Å². The minimum atomic E-state index is -0.103. The highest BCUT2D eigenvalue weighted by atomic mass is 16.2. The van der Waals surface area contributed by atoms with E-state index in [1.807, 2.05) is 0 Å². The highest BCUT2D eigenvalue weighted by Crippen LogP contribution is 2.17. The molecular weight excluding hydrogens is 156 g/mol. The minimum Gasteiger partial charge on any atom is -0.348 e. The molecule has 0 aliphatic heterocycles. The molecule has 0 atom stereocenters. The molecule has 1 rings (SSSR count). The van der Waals surface area contributed by atoms with E-state index >= 15 is 0 Å². The summed E-state index contributed by atoms with van der Waals surface area (Å²) >= 11 is 0. The smallest absolute Gasteiger partial charge is 0.234 e. The van der Waals surface area contributed by atoms with E-state index in [2.05, 4.69) is 10.6 Å². The summed E-state index contributed by atoms with van der Waals surface area (Å²) in [7, 11) is 0. The van der Waals surface area contributed by atoms with Gasteiger partial charge in [-0.3, -0.25) is 4.79 Å². The molecule has 0 radical (unpaired) electrons. The number of carbonyl (C=O) groups is 2. The van der Waals surface area contributed by atoms with Crippen molar-refractivity contribution in [2.75, 3.05) is 13.1 Å². The van der Waals surface area contributed by atoms with Gasteiger partial charge in [0, 0.05) is 6.04 Å². The van der Waals surface area contributed by atoms with Crippen LogP contribution in [0.15, 0.2) is 0 Å². The second-order valence-electron chi connectivity index (χ2n) is 2.98. The number of nitrogens with one attached hydrogen (secondary N) is 2. The third-order valence-corrected chi connectivity index (χ3v) is 2.04. The first kappa shape index (κ1) is 9.19. The van der Waals surface area contributed by atoms with E-state index in [1.165, 1.54) is 19.3 Å². The van der Waals surface area contributed by atoms with Crippen LogP contribution in [0, 0.1) is 0 Å². The molecule has 0 aromatic carbocycles. The lowest BCUT2D eigenvalue weighted by molar-refractivity contribution is -0.121. The Morgan fingerprint density at radius 2 is 2.25 bits per heavy atom. The Balaban J connectivity index is 1.97. The number of aldehydes is 1. The van der Waals surface area contributed by atoms with E-state index in [9.17, 15) is 9.59 Å². The number of hydrogen-bond acceptors (Lipinski definition) is 3. The van der Waals surface area contributed by atoms with Crippen LogP contribution in [0.3, 0.4) is 0 Å². The summed E-state index contributed by atoms with van der Waals surface area (Å²) in [6, 6.07) is 0.520. The summed E-state index contributed by atoms with van der Waals surface area (Å²) in [5, 5.41) is 5.57. The fraction of sp³-hybridized carbons (Fsp3) is 0.750. The van der Waals surface area contributed by atoms with Crippen LogP contribution in [0.2, 0.25) is 0 Å². The molecule has 2 N–H and O–H groups in total. The van der Waals surface area contributed by atoms with Gasteiger partial charge in [0.05, 0.1) is 13.1 Å². The van der Waals surface area contributed by atoms with E-state index in [4.69, 9.17) is 0 Å². The van der Waals surface area contributed by atoms with Crippen LogP contribution in [0.25, 0.3) is 0 Å². The molecule has 4 heteroatoms. The molecule has 1 aliphatic rings. The van der Waals surface area contributed by atoms with Crippen LogP contribution in [-0.2, 0) is 9.59 Å². The number of carbonyl (C=O) groups excluding carboxylic acids is 2. The van der Waals surface area contributed by atoms with Crippen molar-refractivity contribution in [2.24, 2.45) is 0 Å². The highest BCUT2D eigenvalue weighted by Gasteiger charge is 2.16. The summed E-state index contributed by atoms with van der Waals surface area (Å²) in [6.07, 6.45) is 4.27. The Morgan fingerprint density at radius 3 is 2.75 bits per heavy atom. The number of hydrogen-bond donors (Lipinski definition) is 2. The van der Waals surface area contributed by atoms with Crippen molar-refractivity contribution in [3.05, 3.63) is 0 Å². The van der Waals surface area contributed by atoms with Crippen molar-refractivity contribution in [1.29, 1.82) is 0 Å². The van der Waals surface area contributed by atoms with Gasteiger partial charge in [0.15, 0.2) is 0 Å². The zero-order chi connectivity index (χ0) is 8.81. The van der Waals surface area contributed by atoms with E-state index in [0.717, 1.165) is 0 Å². The zero-order valence-corrected chi connectivity index (χ0v) is 7.01. The van der Waals surface area contributed by atoms with Gasteiger partial charge in [-0.2, -0.15) is 0 Å². The van der Waals surface area contributed by atoms with Crippen LogP contribution < -0.4 is 10.6 Å². The number of amides is 1. The van der Waals surface area contributed by atoms with Gasteiger partial charge in [-0.05, 0) is 12.8 Å².